The zero-order valence-corrected chi connectivity index (χ0v) is 27.2. The Labute approximate surface area is 270 Å². The molecule has 3 aromatic heterocycles. The van der Waals surface area contributed by atoms with Crippen molar-refractivity contribution in [1.82, 2.24) is 40.2 Å². The van der Waals surface area contributed by atoms with Gasteiger partial charge < -0.3 is 20.3 Å². The number of alkyl halides is 2. The normalized spacial score (nSPS) is 32.0. The van der Waals surface area contributed by atoms with E-state index < -0.39 is 17.8 Å². The highest BCUT2D eigenvalue weighted by Crippen LogP contribution is 2.48. The second-order valence-corrected chi connectivity index (χ2v) is 14.6. The molecule has 6 atom stereocenters. The van der Waals surface area contributed by atoms with Crippen molar-refractivity contribution in [1.29, 1.82) is 5.26 Å². The SMILES string of the molecule is CN1C2CNC[C@H]1CC2F.Cc1nc(OCC23CCCN2C[C@H](F)C3)nc(-c2noc([C@@]3(C)CCCc4sc(N)c(C#N)c43)n2)n1. The molecule has 0 amide bonds. The van der Waals surface area contributed by atoms with Crippen LogP contribution in [0.4, 0.5) is 13.8 Å². The van der Waals surface area contributed by atoms with Crippen molar-refractivity contribution in [2.24, 2.45) is 0 Å². The largest absolute Gasteiger partial charge is 0.461 e. The van der Waals surface area contributed by atoms with E-state index in [1.165, 1.54) is 11.3 Å². The highest BCUT2D eigenvalue weighted by Gasteiger charge is 2.49. The summed E-state index contributed by atoms with van der Waals surface area (Å²) in [6.45, 7) is 7.22. The number of nitrogen functional groups attached to an aromatic ring is 1. The number of thiophene rings is 1. The molecule has 4 saturated heterocycles. The molecule has 0 spiro atoms. The van der Waals surface area contributed by atoms with Gasteiger partial charge in [-0.15, -0.1) is 11.3 Å². The van der Waals surface area contributed by atoms with Crippen molar-refractivity contribution < 1.29 is 18.0 Å². The van der Waals surface area contributed by atoms with Crippen LogP contribution in [-0.4, -0.2) is 105 Å². The molecule has 46 heavy (non-hydrogen) atoms. The predicted molar refractivity (Wildman–Crippen MR) is 167 cm³/mol. The molecule has 3 aromatic rings. The molecule has 12 nitrogen and oxygen atoms in total. The van der Waals surface area contributed by atoms with Gasteiger partial charge in [-0.2, -0.15) is 20.2 Å². The second-order valence-electron chi connectivity index (χ2n) is 13.5. The molecule has 0 radical (unpaired) electrons. The van der Waals surface area contributed by atoms with Crippen molar-refractivity contribution in [2.75, 3.05) is 45.6 Å². The number of rotatable bonds is 5. The van der Waals surface area contributed by atoms with Crippen LogP contribution in [0.15, 0.2) is 4.52 Å². The summed E-state index contributed by atoms with van der Waals surface area (Å²) in [4.78, 5) is 23.3. The maximum atomic E-state index is 14.1. The third-order valence-corrected chi connectivity index (χ3v) is 11.6. The smallest absolute Gasteiger partial charge is 0.320 e. The van der Waals surface area contributed by atoms with Crippen LogP contribution in [0.1, 0.15) is 73.2 Å². The molecule has 2 bridgehead atoms. The minimum Gasteiger partial charge on any atom is -0.461 e. The van der Waals surface area contributed by atoms with Gasteiger partial charge in [0.15, 0.2) is 0 Å². The van der Waals surface area contributed by atoms with Crippen LogP contribution in [0.3, 0.4) is 0 Å². The lowest BCUT2D eigenvalue weighted by molar-refractivity contribution is 0.107. The number of likely N-dealkylation sites (N-methyl/N-ethyl adjacent to an activating group) is 1. The summed E-state index contributed by atoms with van der Waals surface area (Å²) in [7, 11) is 2.02. The molecular formula is C31H40F2N10O2S. The summed E-state index contributed by atoms with van der Waals surface area (Å²) < 4.78 is 38.9. The van der Waals surface area contributed by atoms with Gasteiger partial charge in [-0.25, -0.2) is 13.8 Å². The summed E-state index contributed by atoms with van der Waals surface area (Å²) in [5, 5.41) is 17.6. The molecule has 0 saturated carbocycles. The third-order valence-electron chi connectivity index (χ3n) is 10.6. The summed E-state index contributed by atoms with van der Waals surface area (Å²) in [5.41, 5.74) is 6.59. The summed E-state index contributed by atoms with van der Waals surface area (Å²) in [6.07, 6.45) is 4.26. The Morgan fingerprint density at radius 1 is 1.17 bits per heavy atom. The number of anilines is 1. The van der Waals surface area contributed by atoms with E-state index in [2.05, 4.69) is 46.3 Å². The molecule has 5 aliphatic rings. The molecule has 8 rings (SSSR count). The molecular weight excluding hydrogens is 614 g/mol. The fraction of sp³-hybridized carbons (Fsp3) is 0.677. The highest BCUT2D eigenvalue weighted by molar-refractivity contribution is 7.16. The number of nitrogens with one attached hydrogen (secondary N) is 1. The van der Waals surface area contributed by atoms with E-state index in [1.54, 1.807) is 6.92 Å². The first kappa shape index (κ1) is 31.3. The van der Waals surface area contributed by atoms with E-state index in [4.69, 9.17) is 15.0 Å². The summed E-state index contributed by atoms with van der Waals surface area (Å²) in [6, 6.07) is 3.02. The molecule has 0 aromatic carbocycles. The summed E-state index contributed by atoms with van der Waals surface area (Å²) >= 11 is 1.46. The number of hydrogen-bond acceptors (Lipinski definition) is 13. The Hall–Kier alpha value is -3.32. The fourth-order valence-electron chi connectivity index (χ4n) is 8.12. The molecule has 4 fully saturated rings. The maximum absolute atomic E-state index is 14.1. The Morgan fingerprint density at radius 2 is 2.02 bits per heavy atom. The van der Waals surface area contributed by atoms with Crippen molar-refractivity contribution in [3.05, 3.63) is 27.7 Å². The number of aromatic nitrogens is 5. The zero-order chi connectivity index (χ0) is 32.2. The lowest BCUT2D eigenvalue weighted by Gasteiger charge is -2.31. The number of nitriles is 1. The van der Waals surface area contributed by atoms with Crippen molar-refractivity contribution in [3.8, 4) is 23.7 Å². The van der Waals surface area contributed by atoms with Crippen molar-refractivity contribution in [2.45, 2.75) is 94.2 Å². The maximum Gasteiger partial charge on any atom is 0.320 e. The lowest BCUT2D eigenvalue weighted by atomic mass is 9.72. The quantitative estimate of drug-likeness (QED) is 0.415. The fourth-order valence-corrected chi connectivity index (χ4v) is 9.31. The Morgan fingerprint density at radius 3 is 2.80 bits per heavy atom. The number of aryl methyl sites for hydroxylation is 2. The molecule has 3 unspecified atom stereocenters. The Kier molecular flexibility index (Phi) is 8.19. The number of nitrogens with two attached hydrogens (primary N) is 1. The summed E-state index contributed by atoms with van der Waals surface area (Å²) in [5.74, 6) is 1.32. The first-order valence-corrected chi connectivity index (χ1v) is 16.9. The van der Waals surface area contributed by atoms with Crippen LogP contribution in [0.25, 0.3) is 11.6 Å². The standard InChI is InChI=1S/C24H27FN8O2S.C7H13FN2/c1-13-28-19(31-22(29-13)34-12-24-7-4-8-33(24)11-14(25)9-24)20-30-21(35-32-20)23(2)6-3-5-16-17(23)15(10-26)18(27)36-16;1-10-5-2-6(8)7(10)4-9-3-5/h14H,3-9,11-12,27H2,1-2H3;5-7,9H,2-4H2,1H3/t14-,23+,24?;5-,6?,7?/m11/s1. The number of piperazine rings is 1. The first-order valence-electron chi connectivity index (χ1n) is 16.1. The number of hydrogen-bond donors (Lipinski definition) is 2. The van der Waals surface area contributed by atoms with E-state index in [0.717, 1.165) is 68.6 Å². The van der Waals surface area contributed by atoms with Gasteiger partial charge in [0.2, 0.25) is 17.5 Å². The van der Waals surface area contributed by atoms with Gasteiger partial charge in [0.25, 0.3) is 0 Å². The molecule has 15 heteroatoms. The van der Waals surface area contributed by atoms with Crippen LogP contribution >= 0.6 is 11.3 Å². The van der Waals surface area contributed by atoms with Crippen LogP contribution in [-0.2, 0) is 11.8 Å². The number of halogens is 2. The minimum atomic E-state index is -0.830. The monoisotopic (exact) mass is 654 g/mol. The molecule has 1 aliphatic carbocycles. The second kappa shape index (κ2) is 12.0. The first-order chi connectivity index (χ1) is 22.1. The lowest BCUT2D eigenvalue weighted by Crippen LogP contribution is -2.50. The van der Waals surface area contributed by atoms with Crippen LogP contribution < -0.4 is 15.8 Å². The van der Waals surface area contributed by atoms with Gasteiger partial charge in [-0.1, -0.05) is 5.16 Å². The molecule has 3 N–H and O–H groups in total. The number of nitrogens with zero attached hydrogens (tertiary/aromatic N) is 8. The number of fused-ring (bicyclic) bond motifs is 4. The van der Waals surface area contributed by atoms with Crippen molar-refractivity contribution in [3.63, 3.8) is 0 Å². The molecule has 4 aliphatic heterocycles. The van der Waals surface area contributed by atoms with Crippen LogP contribution in [0, 0.1) is 18.3 Å². The minimum absolute atomic E-state index is 0.152. The van der Waals surface area contributed by atoms with Gasteiger partial charge in [-0.05, 0) is 66.0 Å². The van der Waals surface area contributed by atoms with E-state index in [0.29, 0.717) is 47.9 Å². The van der Waals surface area contributed by atoms with Crippen molar-refractivity contribution >= 4 is 16.3 Å². The molecule has 7 heterocycles. The van der Waals surface area contributed by atoms with E-state index in [-0.39, 0.29) is 29.2 Å². The average molecular weight is 655 g/mol. The average Bonchev–Trinajstić information content (AvgIpc) is 3.81. The van der Waals surface area contributed by atoms with Crippen LogP contribution in [0.5, 0.6) is 6.01 Å². The van der Waals surface area contributed by atoms with E-state index in [1.807, 2.05) is 14.0 Å². The predicted octanol–water partition coefficient (Wildman–Crippen LogP) is 3.34. The van der Waals surface area contributed by atoms with Gasteiger partial charge in [0.05, 0.1) is 22.6 Å². The van der Waals surface area contributed by atoms with E-state index >= 15 is 0 Å². The van der Waals surface area contributed by atoms with Gasteiger partial charge in [-0.3, -0.25) is 9.80 Å². The zero-order valence-electron chi connectivity index (χ0n) is 26.4. The van der Waals surface area contributed by atoms with Gasteiger partial charge in [0.1, 0.15) is 35.8 Å². The van der Waals surface area contributed by atoms with Gasteiger partial charge >= 0.3 is 6.01 Å². The highest BCUT2D eigenvalue weighted by atomic mass is 32.1. The Balaban J connectivity index is 0.000000286. The topological polar surface area (TPSA) is 155 Å². The van der Waals surface area contributed by atoms with E-state index in [9.17, 15) is 14.0 Å². The third kappa shape index (κ3) is 5.42. The van der Waals surface area contributed by atoms with Gasteiger partial charge in [0, 0.05) is 42.5 Å². The Bertz CT molecular complexity index is 1650. The van der Waals surface area contributed by atoms with Crippen LogP contribution in [0.2, 0.25) is 0 Å². The number of ether oxygens (including phenoxy) is 1. The molecule has 246 valence electrons.